The minimum atomic E-state index is -0.521. The SMILES string of the molecule is O=C1NC(=O)C(c2cn3c4c(cccc24)CCC3)=C1c1c[nH]c2ccccc12.O=C1NC(=O)[C@@H](c2cn3c4c(cccc24)CCC3)[C@@H]1c1c[nH]c2ccccc12.O=C1NC(=O)[C@H](c2cn3c4c(cccc24)CCC3)[C@H]1c1c[nH]c2ccccc12. The molecule has 6 aromatic carbocycles. The number of nitrogens with zero attached hydrogens (tertiary/aromatic N) is 3. The molecule has 15 heteroatoms. The van der Waals surface area contributed by atoms with E-state index in [1.54, 1.807) is 0 Å². The van der Waals surface area contributed by atoms with Gasteiger partial charge in [0.1, 0.15) is 0 Å². The normalized spacial score (nSPS) is 19.9. The Kier molecular flexibility index (Phi) is 11.3. The summed E-state index contributed by atoms with van der Waals surface area (Å²) in [5.74, 6) is -3.57. The minimum Gasteiger partial charge on any atom is -0.361 e. The highest BCUT2D eigenvalue weighted by atomic mass is 16.2. The maximum atomic E-state index is 12.9. The molecule has 15 nitrogen and oxygen atoms in total. The van der Waals surface area contributed by atoms with Crippen molar-refractivity contribution in [3.8, 4) is 0 Å². The van der Waals surface area contributed by atoms with Crippen LogP contribution in [0.4, 0.5) is 0 Å². The van der Waals surface area contributed by atoms with Crippen LogP contribution in [-0.4, -0.2) is 64.1 Å². The summed E-state index contributed by atoms with van der Waals surface area (Å²) in [6, 6.07) is 42.5. The minimum absolute atomic E-state index is 0.205. The van der Waals surface area contributed by atoms with Crippen LogP contribution < -0.4 is 16.0 Å². The smallest absolute Gasteiger partial charge is 0.259 e. The molecule has 0 radical (unpaired) electrons. The zero-order valence-corrected chi connectivity index (χ0v) is 45.6. The Balaban J connectivity index is 0.000000103. The van der Waals surface area contributed by atoms with Crippen molar-refractivity contribution in [3.63, 3.8) is 0 Å². The van der Waals surface area contributed by atoms with Gasteiger partial charge in [-0.05, 0) is 95.7 Å². The number of aromatic nitrogens is 6. The maximum Gasteiger partial charge on any atom is 0.259 e. The number of amides is 6. The fourth-order valence-corrected chi connectivity index (χ4v) is 14.9. The van der Waals surface area contributed by atoms with Crippen LogP contribution in [0, 0.1) is 0 Å². The first kappa shape index (κ1) is 49.5. The van der Waals surface area contributed by atoms with E-state index < -0.39 is 23.7 Å². The number of aromatic amines is 3. The summed E-state index contributed by atoms with van der Waals surface area (Å²) in [6.45, 7) is 2.83. The fraction of sp³-hybridized carbons (Fsp3) is 0.188. The molecule has 0 bridgehead atoms. The van der Waals surface area contributed by atoms with E-state index in [-0.39, 0.29) is 35.4 Å². The number of carbonyl (C=O) groups is 6. The van der Waals surface area contributed by atoms with Crippen molar-refractivity contribution < 1.29 is 28.8 Å². The Labute approximate surface area is 479 Å². The highest BCUT2D eigenvalue weighted by molar-refractivity contribution is 6.51. The molecule has 6 aliphatic rings. The summed E-state index contributed by atoms with van der Waals surface area (Å²) in [5.41, 5.74) is 16.7. The molecule has 84 heavy (non-hydrogen) atoms. The first-order valence-electron chi connectivity index (χ1n) is 29.0. The molecular weight excluding hydrogens is 1050 g/mol. The van der Waals surface area contributed by atoms with Crippen LogP contribution in [0.25, 0.3) is 76.6 Å². The zero-order chi connectivity index (χ0) is 56.5. The molecule has 6 amide bonds. The van der Waals surface area contributed by atoms with Crippen LogP contribution in [0.1, 0.15) is 93.0 Å². The topological polar surface area (TPSA) is 201 Å². The number of imide groups is 3. The van der Waals surface area contributed by atoms with E-state index in [2.05, 4.69) is 99.5 Å². The highest BCUT2D eigenvalue weighted by Crippen LogP contribution is 2.47. The predicted octanol–water partition coefficient (Wildman–Crippen LogP) is 10.8. The van der Waals surface area contributed by atoms with Crippen LogP contribution in [0.5, 0.6) is 0 Å². The van der Waals surface area contributed by atoms with E-state index >= 15 is 0 Å². The second kappa shape index (κ2) is 19.2. The molecular formula is C69H55N9O6. The van der Waals surface area contributed by atoms with Crippen LogP contribution in [-0.2, 0) is 67.7 Å². The Morgan fingerprint density at radius 3 is 1.19 bits per heavy atom. The van der Waals surface area contributed by atoms with E-state index in [9.17, 15) is 28.8 Å². The highest BCUT2D eigenvalue weighted by Gasteiger charge is 2.47. The number of nitrogens with one attached hydrogen (secondary N) is 6. The monoisotopic (exact) mass is 1110 g/mol. The van der Waals surface area contributed by atoms with Crippen LogP contribution in [0.2, 0.25) is 0 Å². The zero-order valence-electron chi connectivity index (χ0n) is 45.6. The van der Waals surface area contributed by atoms with Crippen molar-refractivity contribution in [2.75, 3.05) is 0 Å². The quantitative estimate of drug-likeness (QED) is 0.0895. The summed E-state index contributed by atoms with van der Waals surface area (Å²) >= 11 is 0. The molecule has 6 N–H and O–H groups in total. The van der Waals surface area contributed by atoms with Crippen LogP contribution >= 0.6 is 0 Å². The van der Waals surface area contributed by atoms with E-state index in [0.717, 1.165) is 140 Å². The number of para-hydroxylation sites is 6. The van der Waals surface area contributed by atoms with Gasteiger partial charge in [0.2, 0.25) is 23.6 Å². The standard InChI is InChI=1S/2C23H19N3O2.C23H17N3O2/c3*27-22-19(16-11-24-18-9-2-1-7-14(16)18)20(23(28)25-22)17-12-26-10-4-6-13-5-3-8-15(17)21(13)26/h2*1-3,5,7-9,11-12,19-20,24H,4,6,10H2,(H,25,27,28);1-3,5,7-9,11-12,24H,4,6,10H2,(H,25,27,28)/t2*19-,20-;/m10./s1. The summed E-state index contributed by atoms with van der Waals surface area (Å²) < 4.78 is 6.73. The molecule has 412 valence electrons. The van der Waals surface area contributed by atoms with Gasteiger partial charge in [-0.15, -0.1) is 0 Å². The summed E-state index contributed by atoms with van der Waals surface area (Å²) in [4.78, 5) is 86.9. The van der Waals surface area contributed by atoms with E-state index in [0.29, 0.717) is 11.1 Å². The average molecular weight is 1110 g/mol. The van der Waals surface area contributed by atoms with Crippen LogP contribution in [0.3, 0.4) is 0 Å². The summed E-state index contributed by atoms with van der Waals surface area (Å²) in [5, 5.41) is 13.9. The number of H-pyrrole nitrogens is 3. The predicted molar refractivity (Wildman–Crippen MR) is 323 cm³/mol. The van der Waals surface area contributed by atoms with Crippen molar-refractivity contribution in [3.05, 3.63) is 215 Å². The Bertz CT molecular complexity index is 4680. The molecule has 6 aromatic heterocycles. The van der Waals surface area contributed by atoms with E-state index in [1.807, 2.05) is 110 Å². The van der Waals surface area contributed by atoms with Gasteiger partial charge in [0.25, 0.3) is 11.8 Å². The fourth-order valence-electron chi connectivity index (χ4n) is 14.9. The number of hydrogen-bond acceptors (Lipinski definition) is 6. The molecule has 18 rings (SSSR count). The lowest BCUT2D eigenvalue weighted by Crippen LogP contribution is -2.22. The molecule has 2 fully saturated rings. The Hall–Kier alpha value is -10.3. The van der Waals surface area contributed by atoms with Gasteiger partial charge in [0.05, 0.1) is 51.4 Å². The molecule has 6 aliphatic heterocycles. The second-order valence-electron chi connectivity index (χ2n) is 23.0. The van der Waals surface area contributed by atoms with E-state index in [1.165, 1.54) is 33.2 Å². The molecule has 0 spiro atoms. The maximum absolute atomic E-state index is 12.9. The van der Waals surface area contributed by atoms with Gasteiger partial charge in [-0.2, -0.15) is 0 Å². The van der Waals surface area contributed by atoms with Gasteiger partial charge in [-0.1, -0.05) is 109 Å². The number of hydrogen-bond donors (Lipinski definition) is 6. The first-order valence-corrected chi connectivity index (χ1v) is 29.0. The third-order valence-electron chi connectivity index (χ3n) is 18.5. The molecule has 0 aliphatic carbocycles. The number of benzene rings is 6. The van der Waals surface area contributed by atoms with Gasteiger partial charge >= 0.3 is 0 Å². The number of carbonyl (C=O) groups excluding carboxylic acids is 6. The van der Waals surface area contributed by atoms with Gasteiger partial charge in [-0.25, -0.2) is 0 Å². The first-order chi connectivity index (χ1) is 41.2. The third-order valence-corrected chi connectivity index (χ3v) is 18.5. The molecule has 12 aromatic rings. The third kappa shape index (κ3) is 7.57. The van der Waals surface area contributed by atoms with Crippen molar-refractivity contribution in [1.82, 2.24) is 44.6 Å². The summed E-state index contributed by atoms with van der Waals surface area (Å²) in [6.07, 6.45) is 18.2. The molecule has 12 heterocycles. The van der Waals surface area contributed by atoms with Gasteiger partial charge in [0, 0.05) is 117 Å². The lowest BCUT2D eigenvalue weighted by molar-refractivity contribution is -0.127. The number of rotatable bonds is 6. The molecule has 0 unspecified atom stereocenters. The molecule has 2 saturated heterocycles. The number of aryl methyl sites for hydroxylation is 6. The number of fused-ring (bicyclic) bond motifs is 3. The van der Waals surface area contributed by atoms with Gasteiger partial charge in [0.15, 0.2) is 0 Å². The van der Waals surface area contributed by atoms with Crippen molar-refractivity contribution in [2.24, 2.45) is 0 Å². The van der Waals surface area contributed by atoms with Gasteiger partial charge in [-0.3, -0.25) is 44.7 Å². The summed E-state index contributed by atoms with van der Waals surface area (Å²) in [7, 11) is 0. The largest absolute Gasteiger partial charge is 0.361 e. The molecule has 0 saturated carbocycles. The average Bonchev–Trinajstić information content (AvgIpc) is 1.84. The Morgan fingerprint density at radius 1 is 0.333 bits per heavy atom. The van der Waals surface area contributed by atoms with Crippen molar-refractivity contribution in [1.29, 1.82) is 0 Å². The molecule has 4 atom stereocenters. The Morgan fingerprint density at radius 2 is 0.702 bits per heavy atom. The van der Waals surface area contributed by atoms with Crippen LogP contribution in [0.15, 0.2) is 165 Å². The van der Waals surface area contributed by atoms with Crippen molar-refractivity contribution >= 4 is 112 Å². The van der Waals surface area contributed by atoms with Gasteiger partial charge < -0.3 is 28.7 Å². The van der Waals surface area contributed by atoms with E-state index in [4.69, 9.17) is 0 Å². The lowest BCUT2D eigenvalue weighted by Gasteiger charge is -2.15. The second-order valence-corrected chi connectivity index (χ2v) is 23.0. The van der Waals surface area contributed by atoms with Crippen molar-refractivity contribution in [2.45, 2.75) is 81.8 Å². The lowest BCUT2D eigenvalue weighted by atomic mass is 9.83.